The van der Waals surface area contributed by atoms with Gasteiger partial charge in [0.05, 0.1) is 5.69 Å². The molecule has 1 amide bonds. The minimum absolute atomic E-state index is 0.112. The third kappa shape index (κ3) is 2.84. The van der Waals surface area contributed by atoms with Crippen molar-refractivity contribution in [2.24, 2.45) is 7.05 Å². The van der Waals surface area contributed by atoms with E-state index in [0.29, 0.717) is 12.2 Å². The highest BCUT2D eigenvalue weighted by atomic mass is 16.7. The van der Waals surface area contributed by atoms with Crippen LogP contribution in [0.25, 0.3) is 0 Å². The highest BCUT2D eigenvalue weighted by Gasteiger charge is 2.14. The number of fused-ring (bicyclic) bond motifs is 1. The summed E-state index contributed by atoms with van der Waals surface area (Å²) in [5.41, 5.74) is 2.50. The summed E-state index contributed by atoms with van der Waals surface area (Å²) in [6.07, 6.45) is 0.735. The zero-order chi connectivity index (χ0) is 14.8. The summed E-state index contributed by atoms with van der Waals surface area (Å²) in [6, 6.07) is 7.59. The summed E-state index contributed by atoms with van der Waals surface area (Å²) in [5, 5.41) is 7.06. The second kappa shape index (κ2) is 5.47. The first-order valence-corrected chi connectivity index (χ1v) is 6.81. The molecule has 0 saturated heterocycles. The van der Waals surface area contributed by atoms with E-state index in [0.717, 1.165) is 29.2 Å². The minimum Gasteiger partial charge on any atom is -0.454 e. The number of nitrogens with zero attached hydrogens (tertiary/aromatic N) is 2. The molecule has 2 aromatic rings. The molecule has 0 unspecified atom stereocenters. The maximum absolute atomic E-state index is 12.0. The normalized spacial score (nSPS) is 12.5. The Morgan fingerprint density at radius 1 is 1.33 bits per heavy atom. The summed E-state index contributed by atoms with van der Waals surface area (Å²) >= 11 is 0. The molecule has 0 atom stereocenters. The van der Waals surface area contributed by atoms with Gasteiger partial charge in [-0.05, 0) is 37.1 Å². The highest BCUT2D eigenvalue weighted by molar-refractivity contribution is 5.92. The van der Waals surface area contributed by atoms with Crippen LogP contribution in [-0.2, 0) is 13.5 Å². The number of carbonyl (C=O) groups is 1. The fourth-order valence-corrected chi connectivity index (χ4v) is 2.33. The molecule has 1 N–H and O–H groups in total. The second-order valence-electron chi connectivity index (χ2n) is 4.99. The predicted octanol–water partition coefficient (Wildman–Crippen LogP) is 1.43. The minimum atomic E-state index is -0.112. The quantitative estimate of drug-likeness (QED) is 0.924. The molecule has 0 spiro atoms. The van der Waals surface area contributed by atoms with E-state index in [1.807, 2.05) is 25.1 Å². The molecule has 0 radical (unpaired) electrons. The summed E-state index contributed by atoms with van der Waals surface area (Å²) in [4.78, 5) is 12.0. The lowest BCUT2D eigenvalue weighted by atomic mass is 10.1. The van der Waals surface area contributed by atoms with Crippen LogP contribution >= 0.6 is 0 Å². The van der Waals surface area contributed by atoms with Gasteiger partial charge < -0.3 is 14.8 Å². The lowest BCUT2D eigenvalue weighted by molar-refractivity contribution is 0.0944. The molecule has 3 rings (SSSR count). The lowest BCUT2D eigenvalue weighted by Crippen LogP contribution is -2.27. The molecule has 0 bridgehead atoms. The Labute approximate surface area is 122 Å². The van der Waals surface area contributed by atoms with Crippen LogP contribution in [0.5, 0.6) is 11.5 Å². The molecular formula is C15H17N3O3. The van der Waals surface area contributed by atoms with Gasteiger partial charge in [0, 0.05) is 13.6 Å². The summed E-state index contributed by atoms with van der Waals surface area (Å²) in [5.74, 6) is 1.42. The average Bonchev–Trinajstić information content (AvgIpc) is 3.04. The van der Waals surface area contributed by atoms with Crippen molar-refractivity contribution in [2.45, 2.75) is 13.3 Å². The fraction of sp³-hybridized carbons (Fsp3) is 0.333. The van der Waals surface area contributed by atoms with Gasteiger partial charge in [-0.1, -0.05) is 6.07 Å². The van der Waals surface area contributed by atoms with Crippen molar-refractivity contribution in [3.63, 3.8) is 0 Å². The molecule has 0 saturated carbocycles. The van der Waals surface area contributed by atoms with Gasteiger partial charge in [-0.25, -0.2) is 0 Å². The van der Waals surface area contributed by atoms with Gasteiger partial charge in [0.1, 0.15) is 5.69 Å². The third-order valence-electron chi connectivity index (χ3n) is 3.37. The Morgan fingerprint density at radius 2 is 2.14 bits per heavy atom. The molecule has 6 heteroatoms. The van der Waals surface area contributed by atoms with Crippen molar-refractivity contribution in [3.05, 3.63) is 41.2 Å². The SMILES string of the molecule is Cc1cc(C(=O)NCCc2ccc3c(c2)OCO3)n(C)n1. The topological polar surface area (TPSA) is 65.4 Å². The van der Waals surface area contributed by atoms with Crippen LogP contribution < -0.4 is 14.8 Å². The van der Waals surface area contributed by atoms with Crippen LogP contribution in [0.1, 0.15) is 21.7 Å². The number of aryl methyl sites for hydroxylation is 2. The monoisotopic (exact) mass is 287 g/mol. The number of nitrogens with one attached hydrogen (secondary N) is 1. The smallest absolute Gasteiger partial charge is 0.269 e. The van der Waals surface area contributed by atoms with Crippen molar-refractivity contribution < 1.29 is 14.3 Å². The van der Waals surface area contributed by atoms with Crippen molar-refractivity contribution in [1.29, 1.82) is 0 Å². The molecule has 21 heavy (non-hydrogen) atoms. The van der Waals surface area contributed by atoms with Gasteiger partial charge in [-0.3, -0.25) is 9.48 Å². The zero-order valence-electron chi connectivity index (χ0n) is 12.0. The molecule has 1 aromatic heterocycles. The molecule has 0 fully saturated rings. The summed E-state index contributed by atoms with van der Waals surface area (Å²) in [7, 11) is 1.76. The Hall–Kier alpha value is -2.50. The van der Waals surface area contributed by atoms with Crippen LogP contribution in [0.15, 0.2) is 24.3 Å². The van der Waals surface area contributed by atoms with Crippen LogP contribution in [0.2, 0.25) is 0 Å². The third-order valence-corrected chi connectivity index (χ3v) is 3.37. The van der Waals surface area contributed by atoms with E-state index in [9.17, 15) is 4.79 Å². The van der Waals surface area contributed by atoms with Crippen molar-refractivity contribution in [3.8, 4) is 11.5 Å². The Kier molecular flexibility index (Phi) is 3.51. The Morgan fingerprint density at radius 3 is 2.90 bits per heavy atom. The van der Waals surface area contributed by atoms with Gasteiger partial charge in [0.2, 0.25) is 6.79 Å². The number of hydrogen-bond donors (Lipinski definition) is 1. The molecule has 1 aromatic carbocycles. The van der Waals surface area contributed by atoms with E-state index in [-0.39, 0.29) is 12.7 Å². The number of hydrogen-bond acceptors (Lipinski definition) is 4. The highest BCUT2D eigenvalue weighted by Crippen LogP contribution is 2.32. The Bertz CT molecular complexity index is 679. The van der Waals surface area contributed by atoms with Crippen molar-refractivity contribution in [1.82, 2.24) is 15.1 Å². The van der Waals surface area contributed by atoms with E-state index >= 15 is 0 Å². The van der Waals surface area contributed by atoms with E-state index in [4.69, 9.17) is 9.47 Å². The number of benzene rings is 1. The van der Waals surface area contributed by atoms with Crippen LogP contribution in [0, 0.1) is 6.92 Å². The molecular weight excluding hydrogens is 270 g/mol. The fourth-order valence-electron chi connectivity index (χ4n) is 2.33. The number of aromatic nitrogens is 2. The van der Waals surface area contributed by atoms with Gasteiger partial charge >= 0.3 is 0 Å². The van der Waals surface area contributed by atoms with Crippen molar-refractivity contribution >= 4 is 5.91 Å². The maximum atomic E-state index is 12.0. The zero-order valence-corrected chi connectivity index (χ0v) is 12.0. The first-order chi connectivity index (χ1) is 10.1. The van der Waals surface area contributed by atoms with Gasteiger partial charge in [0.15, 0.2) is 11.5 Å². The number of ether oxygens (including phenoxy) is 2. The van der Waals surface area contributed by atoms with E-state index in [2.05, 4.69) is 10.4 Å². The van der Waals surface area contributed by atoms with Gasteiger partial charge in [0.25, 0.3) is 5.91 Å². The standard InChI is InChI=1S/C15H17N3O3/c1-10-7-12(18(2)17-10)15(19)16-6-5-11-3-4-13-14(8-11)21-9-20-13/h3-4,7-8H,5-6,9H2,1-2H3,(H,16,19). The Balaban J connectivity index is 1.56. The first kappa shape index (κ1) is 13.5. The van der Waals surface area contributed by atoms with Crippen molar-refractivity contribution in [2.75, 3.05) is 13.3 Å². The van der Waals surface area contributed by atoms with Gasteiger partial charge in [-0.15, -0.1) is 0 Å². The molecule has 0 aliphatic carbocycles. The van der Waals surface area contributed by atoms with Crippen LogP contribution in [-0.4, -0.2) is 29.0 Å². The van der Waals surface area contributed by atoms with E-state index in [1.165, 1.54) is 0 Å². The largest absolute Gasteiger partial charge is 0.454 e. The number of amides is 1. The average molecular weight is 287 g/mol. The van der Waals surface area contributed by atoms with E-state index < -0.39 is 0 Å². The van der Waals surface area contributed by atoms with Gasteiger partial charge in [-0.2, -0.15) is 5.10 Å². The lowest BCUT2D eigenvalue weighted by Gasteiger charge is -2.06. The molecule has 6 nitrogen and oxygen atoms in total. The number of carbonyl (C=O) groups excluding carboxylic acids is 1. The summed E-state index contributed by atoms with van der Waals surface area (Å²) < 4.78 is 12.2. The second-order valence-corrected chi connectivity index (χ2v) is 4.99. The van der Waals surface area contributed by atoms with Crippen LogP contribution in [0.4, 0.5) is 0 Å². The maximum Gasteiger partial charge on any atom is 0.269 e. The molecule has 1 aliphatic rings. The molecule has 1 aliphatic heterocycles. The number of rotatable bonds is 4. The first-order valence-electron chi connectivity index (χ1n) is 6.81. The van der Waals surface area contributed by atoms with Crippen LogP contribution in [0.3, 0.4) is 0 Å². The molecule has 110 valence electrons. The summed E-state index contributed by atoms with van der Waals surface area (Å²) in [6.45, 7) is 2.70. The molecule has 2 heterocycles. The predicted molar refractivity (Wildman–Crippen MR) is 76.5 cm³/mol. The van der Waals surface area contributed by atoms with E-state index in [1.54, 1.807) is 17.8 Å².